The Morgan fingerprint density at radius 3 is 2.32 bits per heavy atom. The molecule has 150 valence electrons. The third-order valence-electron chi connectivity index (χ3n) is 4.20. The average Bonchev–Trinajstić information content (AvgIpc) is 2.67. The van der Waals surface area contributed by atoms with E-state index in [-0.39, 0.29) is 24.7 Å². The number of pyridine rings is 1. The highest BCUT2D eigenvalue weighted by Gasteiger charge is 2.26. The Morgan fingerprint density at radius 1 is 1.11 bits per heavy atom. The van der Waals surface area contributed by atoms with Gasteiger partial charge in [-0.1, -0.05) is 32.0 Å². The first-order valence-corrected chi connectivity index (χ1v) is 8.97. The molecule has 0 unspecified atom stereocenters. The molecule has 0 aliphatic rings. The van der Waals surface area contributed by atoms with Crippen LogP contribution in [0.15, 0.2) is 42.6 Å². The molecule has 2 atom stereocenters. The molecule has 2 aromatic rings. The minimum atomic E-state index is -1.23. The van der Waals surface area contributed by atoms with E-state index in [1.54, 1.807) is 44.3 Å². The minimum Gasteiger partial charge on any atom is -0.384 e. The van der Waals surface area contributed by atoms with Crippen molar-refractivity contribution in [2.75, 3.05) is 5.73 Å². The molecule has 2 amide bonds. The van der Waals surface area contributed by atoms with Crippen LogP contribution in [0.1, 0.15) is 25.0 Å². The number of nitrogen functional groups attached to an aromatic ring is 1. The zero-order chi connectivity index (χ0) is 20.7. The first kappa shape index (κ1) is 21.3. The minimum absolute atomic E-state index is 0.155. The summed E-state index contributed by atoms with van der Waals surface area (Å²) in [4.78, 5) is 28.8. The molecule has 28 heavy (non-hydrogen) atoms. The maximum absolute atomic E-state index is 13.1. The van der Waals surface area contributed by atoms with Crippen molar-refractivity contribution in [3.8, 4) is 0 Å². The predicted octanol–water partition coefficient (Wildman–Crippen LogP) is 1.16. The predicted molar refractivity (Wildman–Crippen MR) is 103 cm³/mol. The third kappa shape index (κ3) is 6.31. The molecule has 0 bridgehead atoms. The smallest absolute Gasteiger partial charge is 0.249 e. The number of amides is 2. The standard InChI is InChI=1S/C20H25FN4O3/c1-12(2)18(26)20(28)25-16(9-13-3-6-15(21)7-4-13)19(27)24-11-14-5-8-17(22)23-10-14/h3-8,10,12,16,18,26H,9,11H2,1-2H3,(H2,22,23)(H,24,27)(H,25,28)/t16-,18+/m0/s1. The van der Waals surface area contributed by atoms with Crippen LogP contribution in [0.2, 0.25) is 0 Å². The number of aliphatic hydroxyl groups is 1. The van der Waals surface area contributed by atoms with Gasteiger partial charge in [0.1, 0.15) is 23.8 Å². The average molecular weight is 388 g/mol. The summed E-state index contributed by atoms with van der Waals surface area (Å²) in [7, 11) is 0. The Morgan fingerprint density at radius 2 is 1.75 bits per heavy atom. The lowest BCUT2D eigenvalue weighted by atomic mass is 10.0. The largest absolute Gasteiger partial charge is 0.384 e. The summed E-state index contributed by atoms with van der Waals surface area (Å²) in [6.45, 7) is 3.61. The molecule has 8 heteroatoms. The Balaban J connectivity index is 2.08. The first-order valence-electron chi connectivity index (χ1n) is 8.97. The van der Waals surface area contributed by atoms with E-state index in [1.807, 2.05) is 0 Å². The molecule has 0 radical (unpaired) electrons. The zero-order valence-corrected chi connectivity index (χ0v) is 15.9. The second kappa shape index (κ2) is 9.80. The fourth-order valence-electron chi connectivity index (χ4n) is 2.48. The molecular formula is C20H25FN4O3. The maximum atomic E-state index is 13.1. The Kier molecular flexibility index (Phi) is 7.45. The van der Waals surface area contributed by atoms with Crippen LogP contribution in [0.4, 0.5) is 10.2 Å². The zero-order valence-electron chi connectivity index (χ0n) is 15.9. The van der Waals surface area contributed by atoms with E-state index in [0.717, 1.165) is 5.56 Å². The summed E-state index contributed by atoms with van der Waals surface area (Å²) in [5.41, 5.74) is 6.96. The van der Waals surface area contributed by atoms with Crippen molar-refractivity contribution in [3.05, 3.63) is 59.5 Å². The lowest BCUT2D eigenvalue weighted by Gasteiger charge is -2.22. The number of anilines is 1. The molecule has 0 fully saturated rings. The van der Waals surface area contributed by atoms with Crippen molar-refractivity contribution >= 4 is 17.6 Å². The topological polar surface area (TPSA) is 117 Å². The number of rotatable bonds is 8. The number of hydrogen-bond donors (Lipinski definition) is 4. The molecule has 5 N–H and O–H groups in total. The van der Waals surface area contributed by atoms with Crippen molar-refractivity contribution in [1.82, 2.24) is 15.6 Å². The Bertz CT molecular complexity index is 794. The van der Waals surface area contributed by atoms with Crippen molar-refractivity contribution < 1.29 is 19.1 Å². The van der Waals surface area contributed by atoms with Gasteiger partial charge in [0.25, 0.3) is 0 Å². The summed E-state index contributed by atoms with van der Waals surface area (Å²) in [5, 5.41) is 15.3. The van der Waals surface area contributed by atoms with E-state index in [9.17, 15) is 19.1 Å². The Labute approximate surface area is 163 Å². The third-order valence-corrected chi connectivity index (χ3v) is 4.20. The van der Waals surface area contributed by atoms with E-state index in [2.05, 4.69) is 15.6 Å². The van der Waals surface area contributed by atoms with Gasteiger partial charge in [0.15, 0.2) is 0 Å². The molecule has 7 nitrogen and oxygen atoms in total. The highest BCUT2D eigenvalue weighted by Crippen LogP contribution is 2.09. The number of carbonyl (C=O) groups excluding carboxylic acids is 2. The molecule has 0 saturated heterocycles. The molecule has 0 aliphatic carbocycles. The monoisotopic (exact) mass is 388 g/mol. The molecular weight excluding hydrogens is 363 g/mol. The van der Waals surface area contributed by atoms with Crippen molar-refractivity contribution in [2.45, 2.75) is 39.0 Å². The summed E-state index contributed by atoms with van der Waals surface area (Å²) in [6, 6.07) is 8.10. The molecule has 1 heterocycles. The van der Waals surface area contributed by atoms with E-state index < -0.39 is 24.0 Å². The lowest BCUT2D eigenvalue weighted by molar-refractivity contribution is -0.135. The number of aromatic nitrogens is 1. The van der Waals surface area contributed by atoms with Gasteiger partial charge in [-0.3, -0.25) is 9.59 Å². The van der Waals surface area contributed by atoms with Gasteiger partial charge in [0.05, 0.1) is 0 Å². The van der Waals surface area contributed by atoms with E-state index in [0.29, 0.717) is 11.4 Å². The van der Waals surface area contributed by atoms with Crippen LogP contribution in [-0.2, 0) is 22.6 Å². The number of carbonyl (C=O) groups is 2. The molecule has 1 aromatic heterocycles. The first-order chi connectivity index (χ1) is 13.3. The van der Waals surface area contributed by atoms with Crippen molar-refractivity contribution in [2.24, 2.45) is 5.92 Å². The van der Waals surface area contributed by atoms with Crippen molar-refractivity contribution in [1.29, 1.82) is 0 Å². The van der Waals surface area contributed by atoms with Crippen LogP contribution < -0.4 is 16.4 Å². The van der Waals surface area contributed by atoms with Crippen molar-refractivity contribution in [3.63, 3.8) is 0 Å². The Hall–Kier alpha value is -3.00. The molecule has 2 rings (SSSR count). The van der Waals surface area contributed by atoms with Gasteiger partial charge in [-0.2, -0.15) is 0 Å². The van der Waals surface area contributed by atoms with Gasteiger partial charge in [-0.15, -0.1) is 0 Å². The maximum Gasteiger partial charge on any atom is 0.249 e. The number of nitrogens with zero attached hydrogens (tertiary/aromatic N) is 1. The second-order valence-electron chi connectivity index (χ2n) is 6.89. The number of halogens is 1. The van der Waals surface area contributed by atoms with Gasteiger partial charge in [0.2, 0.25) is 11.8 Å². The van der Waals surface area contributed by atoms with Gasteiger partial charge < -0.3 is 21.5 Å². The summed E-state index contributed by atoms with van der Waals surface area (Å²) >= 11 is 0. The van der Waals surface area contributed by atoms with Gasteiger partial charge in [-0.05, 0) is 35.2 Å². The summed E-state index contributed by atoms with van der Waals surface area (Å²) in [6.07, 6.45) is 0.471. The fraction of sp³-hybridized carbons (Fsp3) is 0.350. The number of hydrogen-bond acceptors (Lipinski definition) is 5. The van der Waals surface area contributed by atoms with Crippen LogP contribution in [0.5, 0.6) is 0 Å². The van der Waals surface area contributed by atoms with Gasteiger partial charge in [-0.25, -0.2) is 9.37 Å². The molecule has 1 aromatic carbocycles. The molecule has 0 aliphatic heterocycles. The fourth-order valence-corrected chi connectivity index (χ4v) is 2.48. The number of aliphatic hydroxyl groups excluding tert-OH is 1. The van der Waals surface area contributed by atoms with Crippen LogP contribution in [-0.4, -0.2) is 34.1 Å². The van der Waals surface area contributed by atoms with Gasteiger partial charge in [0, 0.05) is 19.2 Å². The second-order valence-corrected chi connectivity index (χ2v) is 6.89. The normalized spacial score (nSPS) is 13.0. The van der Waals surface area contributed by atoms with Crippen LogP contribution in [0, 0.1) is 11.7 Å². The summed E-state index contributed by atoms with van der Waals surface area (Å²) < 4.78 is 13.1. The lowest BCUT2D eigenvalue weighted by Crippen LogP contribution is -2.51. The molecule has 0 saturated carbocycles. The van der Waals surface area contributed by atoms with E-state index in [1.165, 1.54) is 12.1 Å². The van der Waals surface area contributed by atoms with E-state index >= 15 is 0 Å². The van der Waals surface area contributed by atoms with Crippen LogP contribution in [0.3, 0.4) is 0 Å². The number of nitrogens with one attached hydrogen (secondary N) is 2. The summed E-state index contributed by atoms with van der Waals surface area (Å²) in [5.74, 6) is -1.37. The number of nitrogens with two attached hydrogens (primary N) is 1. The highest BCUT2D eigenvalue weighted by atomic mass is 19.1. The van der Waals surface area contributed by atoms with Crippen LogP contribution >= 0.6 is 0 Å². The SMILES string of the molecule is CC(C)[C@@H](O)C(=O)N[C@@H](Cc1ccc(F)cc1)C(=O)NCc1ccc(N)nc1. The molecule has 0 spiro atoms. The van der Waals surface area contributed by atoms with Crippen LogP contribution in [0.25, 0.3) is 0 Å². The quantitative estimate of drug-likeness (QED) is 0.541. The number of benzene rings is 1. The highest BCUT2D eigenvalue weighted by molar-refractivity contribution is 5.89. The van der Waals surface area contributed by atoms with Gasteiger partial charge >= 0.3 is 0 Å². The van der Waals surface area contributed by atoms with E-state index in [4.69, 9.17) is 5.73 Å².